The Balaban J connectivity index is 1.42. The van der Waals surface area contributed by atoms with Crippen LogP contribution in [0.2, 0.25) is 0 Å². The summed E-state index contributed by atoms with van der Waals surface area (Å²) in [7, 11) is 0. The van der Waals surface area contributed by atoms with Crippen LogP contribution in [0.15, 0.2) is 54.6 Å². The van der Waals surface area contributed by atoms with Crippen molar-refractivity contribution in [1.29, 1.82) is 5.26 Å². The van der Waals surface area contributed by atoms with Gasteiger partial charge in [0.2, 0.25) is 0 Å². The summed E-state index contributed by atoms with van der Waals surface area (Å²) in [4.78, 5) is 23.7. The van der Waals surface area contributed by atoms with Gasteiger partial charge in [-0.15, -0.1) is 0 Å². The van der Waals surface area contributed by atoms with E-state index in [1.54, 1.807) is 19.1 Å². The number of nitrogens with one attached hydrogen (secondary N) is 1. The molecule has 1 amide bonds. The number of carbonyl (C=O) groups is 2. The van der Waals surface area contributed by atoms with Crippen LogP contribution in [0.4, 0.5) is 0 Å². The molecule has 1 atom stereocenters. The van der Waals surface area contributed by atoms with E-state index in [1.165, 1.54) is 0 Å². The van der Waals surface area contributed by atoms with E-state index in [-0.39, 0.29) is 12.5 Å². The third-order valence-corrected chi connectivity index (χ3v) is 4.71. The third kappa shape index (κ3) is 5.10. The second-order valence-corrected chi connectivity index (χ2v) is 6.98. The van der Waals surface area contributed by atoms with Gasteiger partial charge in [0.15, 0.2) is 13.2 Å². The highest BCUT2D eigenvalue weighted by Gasteiger charge is 2.43. The minimum Gasteiger partial charge on any atom is -0.482 e. The van der Waals surface area contributed by atoms with Crippen molar-refractivity contribution in [3.8, 4) is 22.9 Å². The normalized spacial score (nSPS) is 15.0. The number of esters is 1. The molecular formula is C22H22N2O4. The Hall–Kier alpha value is -3.33. The fourth-order valence-electron chi connectivity index (χ4n) is 2.91. The summed E-state index contributed by atoms with van der Waals surface area (Å²) in [6.45, 7) is 0.960. The van der Waals surface area contributed by atoms with E-state index < -0.39 is 24.0 Å². The summed E-state index contributed by atoms with van der Waals surface area (Å²) in [6, 6.07) is 19.4. The zero-order chi connectivity index (χ0) is 20.0. The summed E-state index contributed by atoms with van der Waals surface area (Å²) in [5, 5.41) is 11.9. The highest BCUT2D eigenvalue weighted by Crippen LogP contribution is 2.39. The standard InChI is InChI=1S/C22H22N2O4/c1-22(15-23,18-9-10-18)24-20(25)13-28-21(26)14-27-19-11-7-17(8-12-19)16-5-3-2-4-6-16/h2-8,11-12,18H,9-10,13-14H2,1H3,(H,24,25)/t22-/m0/s1. The number of hydrogen-bond donors (Lipinski definition) is 1. The quantitative estimate of drug-likeness (QED) is 0.713. The van der Waals surface area contributed by atoms with E-state index in [4.69, 9.17) is 9.47 Å². The Labute approximate surface area is 164 Å². The molecule has 2 aromatic rings. The maximum Gasteiger partial charge on any atom is 0.344 e. The minimum atomic E-state index is -0.902. The van der Waals surface area contributed by atoms with E-state index >= 15 is 0 Å². The van der Waals surface area contributed by atoms with E-state index in [9.17, 15) is 14.9 Å². The molecule has 6 nitrogen and oxygen atoms in total. The van der Waals surface area contributed by atoms with Gasteiger partial charge in [0.05, 0.1) is 6.07 Å². The molecule has 1 fully saturated rings. The Morgan fingerprint density at radius 2 is 1.71 bits per heavy atom. The van der Waals surface area contributed by atoms with Gasteiger partial charge in [0.25, 0.3) is 5.91 Å². The van der Waals surface area contributed by atoms with Gasteiger partial charge in [0.1, 0.15) is 11.3 Å². The van der Waals surface area contributed by atoms with Crippen molar-refractivity contribution >= 4 is 11.9 Å². The number of nitrogens with zero attached hydrogens (tertiary/aromatic N) is 1. The van der Waals surface area contributed by atoms with E-state index in [1.807, 2.05) is 42.5 Å². The lowest BCUT2D eigenvalue weighted by Gasteiger charge is -2.22. The molecule has 0 heterocycles. The number of carbonyl (C=O) groups excluding carboxylic acids is 2. The zero-order valence-corrected chi connectivity index (χ0v) is 15.7. The molecule has 0 aliphatic heterocycles. The van der Waals surface area contributed by atoms with Crippen LogP contribution in [0.3, 0.4) is 0 Å². The molecule has 3 rings (SSSR count). The first-order chi connectivity index (χ1) is 13.5. The van der Waals surface area contributed by atoms with Crippen LogP contribution >= 0.6 is 0 Å². The number of hydrogen-bond acceptors (Lipinski definition) is 5. The fourth-order valence-corrected chi connectivity index (χ4v) is 2.91. The Kier molecular flexibility index (Phi) is 5.95. The van der Waals surface area contributed by atoms with Crippen LogP contribution in [-0.4, -0.2) is 30.6 Å². The summed E-state index contributed by atoms with van der Waals surface area (Å²) in [6.07, 6.45) is 1.84. The Bertz CT molecular complexity index is 870. The van der Waals surface area contributed by atoms with Gasteiger partial charge in [0, 0.05) is 0 Å². The van der Waals surface area contributed by atoms with E-state index in [2.05, 4.69) is 11.4 Å². The summed E-state index contributed by atoms with van der Waals surface area (Å²) < 4.78 is 10.3. The minimum absolute atomic E-state index is 0.166. The van der Waals surface area contributed by atoms with E-state index in [0.717, 1.165) is 24.0 Å². The van der Waals surface area contributed by atoms with Crippen LogP contribution in [-0.2, 0) is 14.3 Å². The molecule has 0 saturated heterocycles. The predicted molar refractivity (Wildman–Crippen MR) is 103 cm³/mol. The largest absolute Gasteiger partial charge is 0.482 e. The predicted octanol–water partition coefficient (Wildman–Crippen LogP) is 3.08. The molecule has 1 N–H and O–H groups in total. The fraction of sp³-hybridized carbons (Fsp3) is 0.318. The summed E-state index contributed by atoms with van der Waals surface area (Å²) in [5.74, 6) is -0.435. The number of ether oxygens (including phenoxy) is 2. The summed E-state index contributed by atoms with van der Waals surface area (Å²) >= 11 is 0. The second-order valence-electron chi connectivity index (χ2n) is 6.98. The zero-order valence-electron chi connectivity index (χ0n) is 15.7. The molecule has 1 aliphatic carbocycles. The third-order valence-electron chi connectivity index (χ3n) is 4.71. The average molecular weight is 378 g/mol. The van der Waals surface area contributed by atoms with Gasteiger partial charge in [-0.3, -0.25) is 4.79 Å². The van der Waals surface area contributed by atoms with Gasteiger partial charge in [-0.05, 0) is 48.9 Å². The van der Waals surface area contributed by atoms with Gasteiger partial charge >= 0.3 is 5.97 Å². The smallest absolute Gasteiger partial charge is 0.344 e. The molecule has 1 saturated carbocycles. The summed E-state index contributed by atoms with van der Waals surface area (Å²) in [5.41, 5.74) is 1.24. The lowest BCUT2D eigenvalue weighted by Crippen LogP contribution is -2.48. The molecular weight excluding hydrogens is 356 g/mol. The maximum atomic E-state index is 11.9. The van der Waals surface area contributed by atoms with Crippen LogP contribution in [0.1, 0.15) is 19.8 Å². The Morgan fingerprint density at radius 3 is 2.32 bits per heavy atom. The van der Waals surface area contributed by atoms with Crippen LogP contribution in [0.25, 0.3) is 11.1 Å². The SMILES string of the molecule is C[C@@](C#N)(NC(=O)COC(=O)COc1ccc(-c2ccccc2)cc1)C1CC1. The molecule has 144 valence electrons. The molecule has 2 aromatic carbocycles. The second kappa shape index (κ2) is 8.57. The number of rotatable bonds is 8. The molecule has 6 heteroatoms. The highest BCUT2D eigenvalue weighted by atomic mass is 16.6. The molecule has 0 radical (unpaired) electrons. The van der Waals surface area contributed by atoms with Gasteiger partial charge < -0.3 is 14.8 Å². The average Bonchev–Trinajstić information content (AvgIpc) is 3.58. The lowest BCUT2D eigenvalue weighted by molar-refractivity contribution is -0.150. The monoisotopic (exact) mass is 378 g/mol. The molecule has 0 bridgehead atoms. The number of nitriles is 1. The van der Waals surface area contributed by atoms with Crippen molar-refractivity contribution in [3.63, 3.8) is 0 Å². The van der Waals surface area contributed by atoms with Crippen molar-refractivity contribution in [3.05, 3.63) is 54.6 Å². The van der Waals surface area contributed by atoms with E-state index in [0.29, 0.717) is 5.75 Å². The van der Waals surface area contributed by atoms with Crippen LogP contribution < -0.4 is 10.1 Å². The van der Waals surface area contributed by atoms with Crippen LogP contribution in [0.5, 0.6) is 5.75 Å². The first-order valence-corrected chi connectivity index (χ1v) is 9.16. The first kappa shape index (κ1) is 19.4. The first-order valence-electron chi connectivity index (χ1n) is 9.16. The number of benzene rings is 2. The molecule has 1 aliphatic rings. The lowest BCUT2D eigenvalue weighted by atomic mass is 9.98. The Morgan fingerprint density at radius 1 is 1.07 bits per heavy atom. The maximum absolute atomic E-state index is 11.9. The molecule has 0 aromatic heterocycles. The van der Waals surface area contributed by atoms with Crippen molar-refractivity contribution in [1.82, 2.24) is 5.32 Å². The van der Waals surface area contributed by atoms with Gasteiger partial charge in [-0.25, -0.2) is 4.79 Å². The van der Waals surface area contributed by atoms with Crippen molar-refractivity contribution < 1.29 is 19.1 Å². The van der Waals surface area contributed by atoms with Crippen molar-refractivity contribution in [2.45, 2.75) is 25.3 Å². The molecule has 0 unspecified atom stereocenters. The van der Waals surface area contributed by atoms with Crippen molar-refractivity contribution in [2.75, 3.05) is 13.2 Å². The van der Waals surface area contributed by atoms with Crippen LogP contribution in [0, 0.1) is 17.2 Å². The van der Waals surface area contributed by atoms with Gasteiger partial charge in [-0.2, -0.15) is 5.26 Å². The topological polar surface area (TPSA) is 88.4 Å². The van der Waals surface area contributed by atoms with Crippen molar-refractivity contribution in [2.24, 2.45) is 5.92 Å². The van der Waals surface area contributed by atoms with Gasteiger partial charge in [-0.1, -0.05) is 42.5 Å². The molecule has 28 heavy (non-hydrogen) atoms. The molecule has 0 spiro atoms. The highest BCUT2D eigenvalue weighted by molar-refractivity contribution is 5.82. The number of amides is 1.